The summed E-state index contributed by atoms with van der Waals surface area (Å²) in [4.78, 5) is 27.7. The van der Waals surface area contributed by atoms with Crippen molar-refractivity contribution in [3.05, 3.63) is 66.3 Å². The molecule has 2 heterocycles. The normalized spacial score (nSPS) is 13.8. The van der Waals surface area contributed by atoms with Crippen LogP contribution in [-0.4, -0.2) is 16.8 Å². The molecule has 0 saturated heterocycles. The summed E-state index contributed by atoms with van der Waals surface area (Å²) in [6.45, 7) is 0.156. The zero-order chi connectivity index (χ0) is 15.5. The Hall–Kier alpha value is -3.02. The maximum Gasteiger partial charge on any atom is 0.258 e. The number of carbonyl (C=O) groups excluding carboxylic acids is 2. The van der Waals surface area contributed by atoms with Crippen LogP contribution in [0.15, 0.2) is 54.7 Å². The molecule has 0 spiro atoms. The number of imide groups is 1. The van der Waals surface area contributed by atoms with Crippen LogP contribution in [0.3, 0.4) is 0 Å². The number of benzene rings is 1. The standard InChI is InChI=1S/C16H11FN2O3/c17-16-13(2-1-9-18-16)22-10-11-3-5-12(6-4-11)19-14(20)7-8-15(19)21/h1-9H,10H2. The summed E-state index contributed by atoms with van der Waals surface area (Å²) in [6.07, 6.45) is 3.80. The van der Waals surface area contributed by atoms with Gasteiger partial charge >= 0.3 is 0 Å². The summed E-state index contributed by atoms with van der Waals surface area (Å²) in [5.74, 6) is -1.34. The van der Waals surface area contributed by atoms with Crippen molar-refractivity contribution < 1.29 is 18.7 Å². The van der Waals surface area contributed by atoms with Gasteiger partial charge in [0.25, 0.3) is 17.8 Å². The molecule has 0 radical (unpaired) electrons. The largest absolute Gasteiger partial charge is 0.484 e. The summed E-state index contributed by atoms with van der Waals surface area (Å²) in [7, 11) is 0. The number of aromatic nitrogens is 1. The molecule has 22 heavy (non-hydrogen) atoms. The number of pyridine rings is 1. The Kier molecular flexibility index (Phi) is 3.65. The lowest BCUT2D eigenvalue weighted by Gasteiger charge is -2.14. The van der Waals surface area contributed by atoms with Crippen LogP contribution in [-0.2, 0) is 16.2 Å². The average Bonchev–Trinajstić information content (AvgIpc) is 2.86. The smallest absolute Gasteiger partial charge is 0.258 e. The third-order valence-corrected chi connectivity index (χ3v) is 3.12. The van der Waals surface area contributed by atoms with Crippen LogP contribution in [0.4, 0.5) is 10.1 Å². The van der Waals surface area contributed by atoms with E-state index in [4.69, 9.17) is 4.74 Å². The number of rotatable bonds is 4. The first-order chi connectivity index (χ1) is 10.6. The predicted octanol–water partition coefficient (Wildman–Crippen LogP) is 2.23. The molecule has 110 valence electrons. The molecular formula is C16H11FN2O3. The van der Waals surface area contributed by atoms with Gasteiger partial charge in [0.05, 0.1) is 5.69 Å². The van der Waals surface area contributed by atoms with Crippen molar-refractivity contribution in [3.63, 3.8) is 0 Å². The number of hydrogen-bond donors (Lipinski definition) is 0. The fraction of sp³-hybridized carbons (Fsp3) is 0.0625. The van der Waals surface area contributed by atoms with Crippen molar-refractivity contribution in [3.8, 4) is 5.75 Å². The van der Waals surface area contributed by atoms with E-state index in [1.165, 1.54) is 24.4 Å². The molecule has 2 amide bonds. The molecule has 1 aromatic carbocycles. The lowest BCUT2D eigenvalue weighted by atomic mass is 10.2. The average molecular weight is 298 g/mol. The molecule has 6 heteroatoms. The van der Waals surface area contributed by atoms with Crippen molar-refractivity contribution in [1.29, 1.82) is 0 Å². The zero-order valence-corrected chi connectivity index (χ0v) is 11.4. The van der Waals surface area contributed by atoms with Crippen LogP contribution in [0.25, 0.3) is 0 Å². The van der Waals surface area contributed by atoms with Gasteiger partial charge in [-0.15, -0.1) is 0 Å². The molecule has 3 rings (SSSR count). The van der Waals surface area contributed by atoms with Crippen LogP contribution in [0, 0.1) is 5.95 Å². The highest BCUT2D eigenvalue weighted by molar-refractivity contribution is 6.28. The van der Waals surface area contributed by atoms with E-state index in [0.29, 0.717) is 5.69 Å². The summed E-state index contributed by atoms with van der Waals surface area (Å²) in [6, 6.07) is 9.77. The molecule has 2 aromatic rings. The molecule has 0 saturated carbocycles. The van der Waals surface area contributed by atoms with Crippen molar-refractivity contribution in [2.75, 3.05) is 4.90 Å². The van der Waals surface area contributed by atoms with Gasteiger partial charge in [0.15, 0.2) is 5.75 Å². The number of hydrogen-bond acceptors (Lipinski definition) is 4. The van der Waals surface area contributed by atoms with Crippen LogP contribution in [0.1, 0.15) is 5.56 Å². The topological polar surface area (TPSA) is 59.5 Å². The maximum absolute atomic E-state index is 13.3. The van der Waals surface area contributed by atoms with E-state index in [0.717, 1.165) is 10.5 Å². The first-order valence-electron chi connectivity index (χ1n) is 6.53. The second-order valence-electron chi connectivity index (χ2n) is 4.59. The SMILES string of the molecule is O=C1C=CC(=O)N1c1ccc(COc2cccnc2F)cc1. The van der Waals surface area contributed by atoms with E-state index in [1.807, 2.05) is 0 Å². The van der Waals surface area contributed by atoms with E-state index in [1.54, 1.807) is 30.3 Å². The maximum atomic E-state index is 13.3. The van der Waals surface area contributed by atoms with Gasteiger partial charge in [-0.2, -0.15) is 4.39 Å². The molecule has 0 fully saturated rings. The molecule has 0 bridgehead atoms. The Bertz CT molecular complexity index is 738. The van der Waals surface area contributed by atoms with Gasteiger partial charge in [0.2, 0.25) is 0 Å². The monoisotopic (exact) mass is 298 g/mol. The lowest BCUT2D eigenvalue weighted by Crippen LogP contribution is -2.29. The second kappa shape index (κ2) is 5.77. The number of nitrogens with zero attached hydrogens (tertiary/aromatic N) is 2. The van der Waals surface area contributed by atoms with Crippen molar-refractivity contribution in [1.82, 2.24) is 4.98 Å². The van der Waals surface area contributed by atoms with Crippen LogP contribution < -0.4 is 9.64 Å². The molecular weight excluding hydrogens is 287 g/mol. The number of halogens is 1. The van der Waals surface area contributed by atoms with Crippen LogP contribution in [0.2, 0.25) is 0 Å². The van der Waals surface area contributed by atoms with Crippen molar-refractivity contribution in [2.45, 2.75) is 6.61 Å². The van der Waals surface area contributed by atoms with E-state index in [9.17, 15) is 14.0 Å². The fourth-order valence-electron chi connectivity index (χ4n) is 2.04. The summed E-state index contributed by atoms with van der Waals surface area (Å²) < 4.78 is 18.7. The quantitative estimate of drug-likeness (QED) is 0.641. The Labute approximate surface area is 125 Å². The summed E-state index contributed by atoms with van der Waals surface area (Å²) >= 11 is 0. The third kappa shape index (κ3) is 2.71. The second-order valence-corrected chi connectivity index (χ2v) is 4.59. The highest BCUT2D eigenvalue weighted by Gasteiger charge is 2.24. The van der Waals surface area contributed by atoms with Crippen LogP contribution in [0.5, 0.6) is 5.75 Å². The summed E-state index contributed by atoms with van der Waals surface area (Å²) in [5, 5.41) is 0. The molecule has 1 aromatic heterocycles. The zero-order valence-electron chi connectivity index (χ0n) is 11.4. The highest BCUT2D eigenvalue weighted by Crippen LogP contribution is 2.20. The van der Waals surface area contributed by atoms with E-state index >= 15 is 0 Å². The fourth-order valence-corrected chi connectivity index (χ4v) is 2.04. The Balaban J connectivity index is 1.69. The molecule has 5 nitrogen and oxygen atoms in total. The first kappa shape index (κ1) is 13.9. The van der Waals surface area contributed by atoms with Crippen molar-refractivity contribution >= 4 is 17.5 Å². The van der Waals surface area contributed by atoms with E-state index < -0.39 is 5.95 Å². The van der Waals surface area contributed by atoms with Gasteiger partial charge in [0, 0.05) is 18.3 Å². The number of ether oxygens (including phenoxy) is 1. The lowest BCUT2D eigenvalue weighted by molar-refractivity contribution is -0.119. The third-order valence-electron chi connectivity index (χ3n) is 3.12. The van der Waals surface area contributed by atoms with E-state index in [-0.39, 0.29) is 24.2 Å². The number of anilines is 1. The van der Waals surface area contributed by atoms with Gasteiger partial charge in [-0.3, -0.25) is 9.59 Å². The number of amides is 2. The van der Waals surface area contributed by atoms with E-state index in [2.05, 4.69) is 4.98 Å². The van der Waals surface area contributed by atoms with Gasteiger partial charge < -0.3 is 4.74 Å². The molecule has 1 aliphatic heterocycles. The van der Waals surface area contributed by atoms with Gasteiger partial charge in [0.1, 0.15) is 6.61 Å². The molecule has 1 aliphatic rings. The summed E-state index contributed by atoms with van der Waals surface area (Å²) in [5.41, 5.74) is 1.26. The van der Waals surface area contributed by atoms with Crippen molar-refractivity contribution in [2.24, 2.45) is 0 Å². The molecule has 0 atom stereocenters. The highest BCUT2D eigenvalue weighted by atomic mass is 19.1. The Morgan fingerprint density at radius 2 is 1.73 bits per heavy atom. The first-order valence-corrected chi connectivity index (χ1v) is 6.53. The van der Waals surface area contributed by atoms with Gasteiger partial charge in [-0.05, 0) is 29.8 Å². The minimum absolute atomic E-state index is 0.0701. The molecule has 0 unspecified atom stereocenters. The molecule has 0 N–H and O–H groups in total. The molecule has 0 aliphatic carbocycles. The number of carbonyl (C=O) groups is 2. The van der Waals surface area contributed by atoms with Gasteiger partial charge in [-0.25, -0.2) is 9.88 Å². The predicted molar refractivity (Wildman–Crippen MR) is 76.6 cm³/mol. The Morgan fingerprint density at radius 3 is 2.36 bits per heavy atom. The minimum atomic E-state index is -0.668. The van der Waals surface area contributed by atoms with Gasteiger partial charge in [-0.1, -0.05) is 12.1 Å². The Morgan fingerprint density at radius 1 is 1.05 bits per heavy atom. The minimum Gasteiger partial charge on any atom is -0.484 e. The van der Waals surface area contributed by atoms with Crippen LogP contribution >= 0.6 is 0 Å².